The Morgan fingerprint density at radius 1 is 1.30 bits per heavy atom. The summed E-state index contributed by atoms with van der Waals surface area (Å²) in [4.78, 5) is 23.3. The maximum Gasteiger partial charge on any atom is 0.329 e. The lowest BCUT2D eigenvalue weighted by molar-refractivity contribution is -0.148. The molecule has 20 heavy (non-hydrogen) atoms. The van der Waals surface area contributed by atoms with Crippen molar-refractivity contribution in [2.45, 2.75) is 42.9 Å². The number of nitrogens with one attached hydrogen (secondary N) is 2. The van der Waals surface area contributed by atoms with Gasteiger partial charge >= 0.3 is 12.0 Å². The molecule has 2 aliphatic rings. The van der Waals surface area contributed by atoms with Crippen molar-refractivity contribution in [1.29, 1.82) is 0 Å². The van der Waals surface area contributed by atoms with Gasteiger partial charge in [-0.3, -0.25) is 0 Å². The van der Waals surface area contributed by atoms with Crippen molar-refractivity contribution in [3.63, 3.8) is 0 Å². The van der Waals surface area contributed by atoms with Gasteiger partial charge in [0.25, 0.3) is 0 Å². The van der Waals surface area contributed by atoms with Crippen LogP contribution < -0.4 is 10.6 Å². The van der Waals surface area contributed by atoms with E-state index < -0.39 is 11.5 Å². The summed E-state index contributed by atoms with van der Waals surface area (Å²) >= 11 is 1.88. The molecular formula is C13H22N2O4S. The number of aliphatic carboxylic acids is 1. The normalized spacial score (nSPS) is 25.7. The van der Waals surface area contributed by atoms with Crippen molar-refractivity contribution in [3.05, 3.63) is 0 Å². The monoisotopic (exact) mass is 302 g/mol. The van der Waals surface area contributed by atoms with Crippen molar-refractivity contribution in [2.24, 2.45) is 0 Å². The molecule has 2 amide bonds. The summed E-state index contributed by atoms with van der Waals surface area (Å²) in [6, 6.07) is -0.388. The lowest BCUT2D eigenvalue weighted by Gasteiger charge is -2.34. The number of ether oxygens (including phenoxy) is 1. The fourth-order valence-corrected chi connectivity index (χ4v) is 3.79. The van der Waals surface area contributed by atoms with E-state index in [2.05, 4.69) is 10.6 Å². The highest BCUT2D eigenvalue weighted by Crippen LogP contribution is 2.24. The molecule has 114 valence electrons. The summed E-state index contributed by atoms with van der Waals surface area (Å²) in [5.74, 6) is 0.160. The Hall–Kier alpha value is -0.950. The minimum Gasteiger partial charge on any atom is -0.480 e. The minimum atomic E-state index is -1.18. The highest BCUT2D eigenvalue weighted by molar-refractivity contribution is 7.99. The molecule has 0 saturated carbocycles. The summed E-state index contributed by atoms with van der Waals surface area (Å²) < 4.78 is 5.17. The van der Waals surface area contributed by atoms with E-state index in [4.69, 9.17) is 4.74 Å². The van der Waals surface area contributed by atoms with Gasteiger partial charge in [-0.2, -0.15) is 11.8 Å². The van der Waals surface area contributed by atoms with Crippen LogP contribution in [0.5, 0.6) is 0 Å². The van der Waals surface area contributed by atoms with Gasteiger partial charge in [0.2, 0.25) is 0 Å². The smallest absolute Gasteiger partial charge is 0.329 e. The highest BCUT2D eigenvalue weighted by atomic mass is 32.2. The first kappa shape index (κ1) is 15.4. The van der Waals surface area contributed by atoms with Crippen LogP contribution in [-0.4, -0.2) is 53.4 Å². The molecule has 0 spiro atoms. The topological polar surface area (TPSA) is 87.7 Å². The average Bonchev–Trinajstić information content (AvgIpc) is 2.47. The van der Waals surface area contributed by atoms with E-state index in [-0.39, 0.29) is 6.03 Å². The molecule has 3 N–H and O–H groups in total. The van der Waals surface area contributed by atoms with Crippen LogP contribution in [0.2, 0.25) is 0 Å². The molecule has 0 aliphatic carbocycles. The van der Waals surface area contributed by atoms with Crippen molar-refractivity contribution in [3.8, 4) is 0 Å². The van der Waals surface area contributed by atoms with Crippen LogP contribution in [-0.2, 0) is 9.53 Å². The van der Waals surface area contributed by atoms with E-state index in [1.807, 2.05) is 11.8 Å². The number of amides is 2. The molecule has 2 rings (SSSR count). The number of carbonyl (C=O) groups excluding carboxylic acids is 1. The third kappa shape index (κ3) is 4.02. The number of hydrogen-bond donors (Lipinski definition) is 3. The maximum absolute atomic E-state index is 11.9. The Kier molecular flexibility index (Phi) is 5.54. The zero-order valence-electron chi connectivity index (χ0n) is 11.5. The molecule has 0 radical (unpaired) electrons. The molecule has 2 heterocycles. The van der Waals surface area contributed by atoms with Crippen molar-refractivity contribution in [2.75, 3.05) is 25.5 Å². The van der Waals surface area contributed by atoms with Crippen molar-refractivity contribution >= 4 is 23.8 Å². The molecule has 6 nitrogen and oxygen atoms in total. The number of urea groups is 1. The quantitative estimate of drug-likeness (QED) is 0.726. The van der Waals surface area contributed by atoms with E-state index in [0.29, 0.717) is 37.9 Å². The van der Waals surface area contributed by atoms with E-state index in [0.717, 1.165) is 12.2 Å². The molecular weight excluding hydrogens is 280 g/mol. The summed E-state index contributed by atoms with van der Waals surface area (Å²) in [5, 5.41) is 15.2. The average molecular weight is 302 g/mol. The summed E-state index contributed by atoms with van der Waals surface area (Å²) in [6.07, 6.45) is 4.19. The standard InChI is InChI=1S/C13H22N2O4S/c16-11(17)13(4-6-19-7-5-13)15-12(18)14-9-10-3-1-2-8-20-10/h10H,1-9H2,(H,16,17)(H2,14,15,18). The van der Waals surface area contributed by atoms with Gasteiger partial charge in [-0.25, -0.2) is 9.59 Å². The van der Waals surface area contributed by atoms with E-state index in [9.17, 15) is 14.7 Å². The summed E-state index contributed by atoms with van der Waals surface area (Å²) in [5.41, 5.74) is -1.18. The second-order valence-corrected chi connectivity index (χ2v) is 6.73. The molecule has 1 unspecified atom stereocenters. The fourth-order valence-electron chi connectivity index (χ4n) is 2.55. The van der Waals surface area contributed by atoms with Gasteiger partial charge in [-0.15, -0.1) is 0 Å². The summed E-state index contributed by atoms with van der Waals surface area (Å²) in [6.45, 7) is 1.33. The molecule has 2 fully saturated rings. The Balaban J connectivity index is 1.80. The van der Waals surface area contributed by atoms with Gasteiger partial charge in [0, 0.05) is 37.9 Å². The number of carbonyl (C=O) groups is 2. The molecule has 0 aromatic carbocycles. The molecule has 0 aromatic heterocycles. The van der Waals surface area contributed by atoms with Crippen LogP contribution in [0.4, 0.5) is 4.79 Å². The Morgan fingerprint density at radius 3 is 2.65 bits per heavy atom. The predicted octanol–water partition coefficient (Wildman–Crippen LogP) is 1.21. The van der Waals surface area contributed by atoms with E-state index >= 15 is 0 Å². The molecule has 0 bridgehead atoms. The van der Waals surface area contributed by atoms with Crippen molar-refractivity contribution < 1.29 is 19.4 Å². The summed E-state index contributed by atoms with van der Waals surface area (Å²) in [7, 11) is 0. The van der Waals surface area contributed by atoms with Gasteiger partial charge in [-0.1, -0.05) is 6.42 Å². The van der Waals surface area contributed by atoms with Gasteiger partial charge < -0.3 is 20.5 Å². The number of hydrogen-bond acceptors (Lipinski definition) is 4. The van der Waals surface area contributed by atoms with Crippen LogP contribution in [0.25, 0.3) is 0 Å². The van der Waals surface area contributed by atoms with Gasteiger partial charge in [0.1, 0.15) is 5.54 Å². The van der Waals surface area contributed by atoms with Crippen LogP contribution in [0.15, 0.2) is 0 Å². The lowest BCUT2D eigenvalue weighted by Crippen LogP contribution is -2.60. The Bertz CT molecular complexity index is 352. The minimum absolute atomic E-state index is 0.313. The second kappa shape index (κ2) is 7.17. The highest BCUT2D eigenvalue weighted by Gasteiger charge is 2.41. The largest absolute Gasteiger partial charge is 0.480 e. The van der Waals surface area contributed by atoms with Crippen LogP contribution >= 0.6 is 11.8 Å². The van der Waals surface area contributed by atoms with Crippen LogP contribution in [0.3, 0.4) is 0 Å². The van der Waals surface area contributed by atoms with E-state index in [1.54, 1.807) is 0 Å². The van der Waals surface area contributed by atoms with Gasteiger partial charge in [0.15, 0.2) is 0 Å². The number of carboxylic acids is 1. The molecule has 1 atom stereocenters. The predicted molar refractivity (Wildman–Crippen MR) is 77.1 cm³/mol. The fraction of sp³-hybridized carbons (Fsp3) is 0.846. The number of carboxylic acid groups (broad SMARTS) is 1. The van der Waals surface area contributed by atoms with Crippen LogP contribution in [0.1, 0.15) is 32.1 Å². The maximum atomic E-state index is 11.9. The SMILES string of the molecule is O=C(NCC1CCCCS1)NC1(C(=O)O)CCOCC1. The number of rotatable bonds is 4. The Labute approximate surface area is 123 Å². The Morgan fingerprint density at radius 2 is 2.05 bits per heavy atom. The molecule has 0 aromatic rings. The number of thioether (sulfide) groups is 1. The first-order chi connectivity index (χ1) is 9.62. The van der Waals surface area contributed by atoms with Gasteiger partial charge in [-0.05, 0) is 18.6 Å². The third-order valence-electron chi connectivity index (χ3n) is 3.87. The third-order valence-corrected chi connectivity index (χ3v) is 5.27. The second-order valence-electron chi connectivity index (χ2n) is 5.32. The van der Waals surface area contributed by atoms with E-state index in [1.165, 1.54) is 12.8 Å². The zero-order chi connectivity index (χ0) is 14.4. The first-order valence-electron chi connectivity index (χ1n) is 7.11. The molecule has 2 aliphatic heterocycles. The zero-order valence-corrected chi connectivity index (χ0v) is 12.3. The molecule has 2 saturated heterocycles. The molecule has 7 heteroatoms. The van der Waals surface area contributed by atoms with Crippen molar-refractivity contribution in [1.82, 2.24) is 10.6 Å². The van der Waals surface area contributed by atoms with Gasteiger partial charge in [0.05, 0.1) is 0 Å². The van der Waals surface area contributed by atoms with Crippen LogP contribution in [0, 0.1) is 0 Å². The first-order valence-corrected chi connectivity index (χ1v) is 8.16. The lowest BCUT2D eigenvalue weighted by atomic mass is 9.90.